The highest BCUT2D eigenvalue weighted by molar-refractivity contribution is 7.90. The van der Waals surface area contributed by atoms with E-state index in [-0.39, 0.29) is 34.9 Å². The molecule has 0 spiro atoms. The second-order valence-electron chi connectivity index (χ2n) is 9.14. The highest BCUT2D eigenvalue weighted by atomic mass is 32.2. The van der Waals surface area contributed by atoms with Crippen molar-refractivity contribution in [2.45, 2.75) is 48.0 Å². The first-order valence-electron chi connectivity index (χ1n) is 11.0. The number of nitrogens with zero attached hydrogens (tertiary/aromatic N) is 1. The number of sulfone groups is 1. The maximum Gasteiger partial charge on any atom is 0.416 e. The Kier molecular flexibility index (Phi) is 6.19. The first kappa shape index (κ1) is 25.2. The van der Waals surface area contributed by atoms with Gasteiger partial charge < -0.3 is 10.6 Å². The molecule has 3 atom stereocenters. The van der Waals surface area contributed by atoms with Crippen LogP contribution in [0.3, 0.4) is 0 Å². The molecule has 1 saturated heterocycles. The lowest BCUT2D eigenvalue weighted by atomic mass is 9.72. The minimum atomic E-state index is -4.57. The van der Waals surface area contributed by atoms with Crippen molar-refractivity contribution in [3.05, 3.63) is 65.2 Å². The fraction of sp³-hybridized carbons (Fsp3) is 0.417. The molecular weight excluding hydrogens is 488 g/mol. The molecule has 2 aliphatic rings. The number of carbonyl (C=O) groups is 2. The van der Waals surface area contributed by atoms with Crippen molar-refractivity contribution >= 4 is 21.7 Å². The third kappa shape index (κ3) is 4.41. The molecule has 188 valence electrons. The number of alkyl halides is 4. The largest absolute Gasteiger partial charge is 0.416 e. The van der Waals surface area contributed by atoms with Gasteiger partial charge in [-0.1, -0.05) is 18.2 Å². The van der Waals surface area contributed by atoms with Gasteiger partial charge in [0.25, 0.3) is 5.91 Å². The molecule has 2 N–H and O–H groups in total. The number of benzene rings is 2. The number of primary amides is 1. The van der Waals surface area contributed by atoms with E-state index in [0.29, 0.717) is 12.8 Å². The molecule has 35 heavy (non-hydrogen) atoms. The molecule has 2 amide bonds. The summed E-state index contributed by atoms with van der Waals surface area (Å²) in [6.45, 7) is -0.157. The van der Waals surface area contributed by atoms with Crippen molar-refractivity contribution < 1.29 is 35.6 Å². The zero-order valence-corrected chi connectivity index (χ0v) is 19.6. The molecule has 2 fully saturated rings. The maximum atomic E-state index is 15.7. The molecule has 4 rings (SSSR count). The van der Waals surface area contributed by atoms with E-state index >= 15 is 4.39 Å². The number of nitrogens with two attached hydrogens (primary N) is 1. The van der Waals surface area contributed by atoms with E-state index in [1.54, 1.807) is 0 Å². The molecule has 1 unspecified atom stereocenters. The number of hydrogen-bond acceptors (Lipinski definition) is 4. The van der Waals surface area contributed by atoms with Crippen LogP contribution >= 0.6 is 0 Å². The third-order valence-corrected chi connectivity index (χ3v) is 7.95. The van der Waals surface area contributed by atoms with Gasteiger partial charge in [-0.25, -0.2) is 12.8 Å². The number of carbonyl (C=O) groups excluding carboxylic acids is 2. The molecule has 0 bridgehead atoms. The summed E-state index contributed by atoms with van der Waals surface area (Å²) in [4.78, 5) is 27.5. The van der Waals surface area contributed by atoms with E-state index in [1.165, 1.54) is 30.3 Å². The van der Waals surface area contributed by atoms with Gasteiger partial charge in [-0.2, -0.15) is 13.2 Å². The lowest BCUT2D eigenvalue weighted by molar-refractivity contribution is -0.137. The molecule has 1 heterocycles. The van der Waals surface area contributed by atoms with Crippen LogP contribution in [-0.4, -0.2) is 49.6 Å². The lowest BCUT2D eigenvalue weighted by Gasteiger charge is -2.43. The minimum absolute atomic E-state index is 0.0605. The van der Waals surface area contributed by atoms with Crippen LogP contribution in [0.5, 0.6) is 0 Å². The number of hydrogen-bond donors (Lipinski definition) is 1. The monoisotopic (exact) mass is 512 g/mol. The van der Waals surface area contributed by atoms with Crippen molar-refractivity contribution in [2.75, 3.05) is 12.8 Å². The highest BCUT2D eigenvalue weighted by Gasteiger charge is 2.64. The Hall–Kier alpha value is -2.95. The van der Waals surface area contributed by atoms with Crippen molar-refractivity contribution in [2.24, 2.45) is 11.7 Å². The predicted octanol–water partition coefficient (Wildman–Crippen LogP) is 3.71. The van der Waals surface area contributed by atoms with E-state index in [2.05, 4.69) is 0 Å². The van der Waals surface area contributed by atoms with Gasteiger partial charge in [0, 0.05) is 24.3 Å². The highest BCUT2D eigenvalue weighted by Crippen LogP contribution is 2.54. The van der Waals surface area contributed by atoms with E-state index < -0.39 is 51.0 Å². The standard InChI is InChI=1S/C24H24F4N2O4S/c1-35(33,34)18-4-2-3-16(13-18)21(31)30-12-11-19(25)23(30,22(29)32)20(14-5-6-14)15-7-9-17(10-8-15)24(26,27)28/h2-4,7-10,13-14,19-20H,5-6,11-12H2,1H3,(H2,29,32)/t19?,20-,23+/m1/s1. The molecule has 2 aromatic rings. The van der Waals surface area contributed by atoms with Crippen molar-refractivity contribution in [1.82, 2.24) is 4.90 Å². The average molecular weight is 513 g/mol. The summed E-state index contributed by atoms with van der Waals surface area (Å²) in [5.41, 5.74) is 2.99. The van der Waals surface area contributed by atoms with Gasteiger partial charge in [0.15, 0.2) is 15.4 Å². The number of amides is 2. The van der Waals surface area contributed by atoms with Gasteiger partial charge in [0.1, 0.15) is 6.17 Å². The van der Waals surface area contributed by atoms with Gasteiger partial charge in [0.2, 0.25) is 5.91 Å². The van der Waals surface area contributed by atoms with E-state index in [9.17, 15) is 31.2 Å². The quantitative estimate of drug-likeness (QED) is 0.597. The molecule has 6 nitrogen and oxygen atoms in total. The number of likely N-dealkylation sites (tertiary alicyclic amines) is 1. The summed E-state index contributed by atoms with van der Waals surface area (Å²) < 4.78 is 78.9. The SMILES string of the molecule is CS(=O)(=O)c1cccc(C(=O)N2CCC(F)[C@@]2(C(N)=O)[C@@H](c2ccc(C(F)(F)F)cc2)C2CC2)c1. The van der Waals surface area contributed by atoms with Gasteiger partial charge >= 0.3 is 6.18 Å². The average Bonchev–Trinajstić information content (AvgIpc) is 3.55. The van der Waals surface area contributed by atoms with Gasteiger partial charge in [0.05, 0.1) is 10.5 Å². The van der Waals surface area contributed by atoms with Crippen molar-refractivity contribution in [3.63, 3.8) is 0 Å². The van der Waals surface area contributed by atoms with Gasteiger partial charge in [-0.05, 0) is 61.1 Å². The first-order chi connectivity index (χ1) is 16.3. The molecule has 0 aromatic heterocycles. The fourth-order valence-corrected chi connectivity index (χ4v) is 5.77. The van der Waals surface area contributed by atoms with E-state index in [0.717, 1.165) is 29.4 Å². The van der Waals surface area contributed by atoms with Gasteiger partial charge in [-0.3, -0.25) is 9.59 Å². The van der Waals surface area contributed by atoms with Crippen LogP contribution in [0.1, 0.15) is 46.7 Å². The lowest BCUT2D eigenvalue weighted by Crippen LogP contribution is -2.64. The molecule has 1 saturated carbocycles. The van der Waals surface area contributed by atoms with Crippen molar-refractivity contribution in [3.8, 4) is 0 Å². The third-order valence-electron chi connectivity index (χ3n) is 6.84. The Morgan fingerprint density at radius 2 is 1.71 bits per heavy atom. The summed E-state index contributed by atoms with van der Waals surface area (Å²) in [5, 5.41) is 0. The van der Waals surface area contributed by atoms with Crippen LogP contribution in [0.25, 0.3) is 0 Å². The maximum absolute atomic E-state index is 15.7. The zero-order chi connectivity index (χ0) is 25.8. The predicted molar refractivity (Wildman–Crippen MR) is 119 cm³/mol. The second-order valence-corrected chi connectivity index (χ2v) is 11.2. The molecule has 0 radical (unpaired) electrons. The van der Waals surface area contributed by atoms with Crippen LogP contribution in [0.15, 0.2) is 53.4 Å². The summed E-state index contributed by atoms with van der Waals surface area (Å²) in [7, 11) is -3.65. The van der Waals surface area contributed by atoms with Crippen LogP contribution < -0.4 is 5.73 Å². The molecule has 2 aromatic carbocycles. The molecule has 11 heteroatoms. The topological polar surface area (TPSA) is 97.5 Å². The van der Waals surface area contributed by atoms with E-state index in [1.807, 2.05) is 0 Å². The Morgan fingerprint density at radius 3 is 2.23 bits per heavy atom. The number of halogens is 4. The Labute approximate surface area is 200 Å². The van der Waals surface area contributed by atoms with Crippen molar-refractivity contribution in [1.29, 1.82) is 0 Å². The van der Waals surface area contributed by atoms with Crippen LogP contribution in [0, 0.1) is 5.92 Å². The normalized spacial score (nSPS) is 23.8. The van der Waals surface area contributed by atoms with E-state index in [4.69, 9.17) is 5.73 Å². The zero-order valence-electron chi connectivity index (χ0n) is 18.8. The minimum Gasteiger partial charge on any atom is -0.368 e. The molecule has 1 aliphatic heterocycles. The Morgan fingerprint density at radius 1 is 1.09 bits per heavy atom. The summed E-state index contributed by atoms with van der Waals surface area (Å²) >= 11 is 0. The Balaban J connectivity index is 1.82. The smallest absolute Gasteiger partial charge is 0.368 e. The van der Waals surface area contributed by atoms with Gasteiger partial charge in [-0.15, -0.1) is 0 Å². The van der Waals surface area contributed by atoms with Crippen LogP contribution in [0.4, 0.5) is 17.6 Å². The summed E-state index contributed by atoms with van der Waals surface area (Å²) in [6, 6.07) is 9.32. The summed E-state index contributed by atoms with van der Waals surface area (Å²) in [6.07, 6.45) is -4.44. The Bertz CT molecular complexity index is 1260. The summed E-state index contributed by atoms with van der Waals surface area (Å²) in [5.74, 6) is -3.08. The number of rotatable bonds is 6. The van der Waals surface area contributed by atoms with Crippen LogP contribution in [0.2, 0.25) is 0 Å². The first-order valence-corrected chi connectivity index (χ1v) is 12.9. The second kappa shape index (κ2) is 8.61. The molecular formula is C24H24F4N2O4S. The fourth-order valence-electron chi connectivity index (χ4n) is 5.10. The van der Waals surface area contributed by atoms with Crippen LogP contribution in [-0.2, 0) is 20.8 Å². The molecule has 1 aliphatic carbocycles.